The summed E-state index contributed by atoms with van der Waals surface area (Å²) in [5, 5.41) is 0. The van der Waals surface area contributed by atoms with Crippen molar-refractivity contribution in [2.75, 3.05) is 20.3 Å². The smallest absolute Gasteiger partial charge is 0.251 e. The van der Waals surface area contributed by atoms with Crippen LogP contribution in [0.4, 0.5) is 0 Å². The molecular formula is C22H28N2O4. The van der Waals surface area contributed by atoms with Gasteiger partial charge in [0.05, 0.1) is 19.8 Å². The Bertz CT molecular complexity index is 747. The maximum atomic E-state index is 13.1. The van der Waals surface area contributed by atoms with Crippen LogP contribution >= 0.6 is 0 Å². The summed E-state index contributed by atoms with van der Waals surface area (Å²) in [7, 11) is 1.63. The fourth-order valence-corrected chi connectivity index (χ4v) is 3.29. The van der Waals surface area contributed by atoms with Crippen LogP contribution in [0.1, 0.15) is 30.9 Å². The van der Waals surface area contributed by atoms with Crippen LogP contribution in [-0.4, -0.2) is 48.3 Å². The average Bonchev–Trinajstić information content (AvgIpc) is 3.25. The van der Waals surface area contributed by atoms with Crippen LogP contribution in [0.25, 0.3) is 0 Å². The van der Waals surface area contributed by atoms with E-state index in [2.05, 4.69) is 4.98 Å². The highest BCUT2D eigenvalue weighted by molar-refractivity contribution is 5.80. The summed E-state index contributed by atoms with van der Waals surface area (Å²) in [6.07, 6.45) is 5.08. The van der Waals surface area contributed by atoms with E-state index in [1.54, 1.807) is 26.4 Å². The molecule has 6 heteroatoms. The molecule has 2 atom stereocenters. The fraction of sp³-hybridized carbons (Fsp3) is 0.455. The van der Waals surface area contributed by atoms with Crippen LogP contribution in [-0.2, 0) is 27.4 Å². The van der Waals surface area contributed by atoms with Crippen molar-refractivity contribution in [3.63, 3.8) is 0 Å². The minimum Gasteiger partial charge on any atom is -0.497 e. The van der Waals surface area contributed by atoms with Gasteiger partial charge < -0.3 is 19.1 Å². The van der Waals surface area contributed by atoms with Crippen LogP contribution < -0.4 is 4.74 Å². The first-order valence-corrected chi connectivity index (χ1v) is 9.69. The Morgan fingerprint density at radius 3 is 2.89 bits per heavy atom. The monoisotopic (exact) mass is 384 g/mol. The zero-order valence-electron chi connectivity index (χ0n) is 16.5. The van der Waals surface area contributed by atoms with Crippen molar-refractivity contribution in [3.05, 3.63) is 59.9 Å². The van der Waals surface area contributed by atoms with Crippen molar-refractivity contribution in [2.24, 2.45) is 0 Å². The summed E-state index contributed by atoms with van der Waals surface area (Å²) in [6.45, 7) is 3.99. The molecule has 3 rings (SSSR count). The van der Waals surface area contributed by atoms with Crippen LogP contribution in [0.5, 0.6) is 5.75 Å². The zero-order valence-corrected chi connectivity index (χ0v) is 16.5. The van der Waals surface area contributed by atoms with Crippen molar-refractivity contribution >= 4 is 5.91 Å². The minimum absolute atomic E-state index is 0.0396. The van der Waals surface area contributed by atoms with E-state index >= 15 is 0 Å². The normalized spacial score (nSPS) is 17.3. The molecule has 0 N–H and O–H groups in total. The number of hydrogen-bond donors (Lipinski definition) is 0. The molecule has 0 bridgehead atoms. The van der Waals surface area contributed by atoms with Crippen LogP contribution in [0, 0.1) is 0 Å². The van der Waals surface area contributed by atoms with Gasteiger partial charge in [-0.1, -0.05) is 18.2 Å². The van der Waals surface area contributed by atoms with Crippen LogP contribution in [0.3, 0.4) is 0 Å². The Kier molecular flexibility index (Phi) is 7.39. The van der Waals surface area contributed by atoms with E-state index < -0.39 is 6.10 Å². The third-order valence-electron chi connectivity index (χ3n) is 4.84. The highest BCUT2D eigenvalue weighted by atomic mass is 16.5. The van der Waals surface area contributed by atoms with Gasteiger partial charge in [-0.15, -0.1) is 0 Å². The van der Waals surface area contributed by atoms with Gasteiger partial charge in [-0.2, -0.15) is 0 Å². The van der Waals surface area contributed by atoms with E-state index in [9.17, 15) is 4.79 Å². The molecule has 1 aromatic heterocycles. The third kappa shape index (κ3) is 5.78. The lowest BCUT2D eigenvalue weighted by Crippen LogP contribution is -2.42. The molecule has 1 aromatic carbocycles. The maximum absolute atomic E-state index is 13.1. The molecule has 1 aliphatic heterocycles. The largest absolute Gasteiger partial charge is 0.497 e. The predicted molar refractivity (Wildman–Crippen MR) is 106 cm³/mol. The average molecular weight is 384 g/mol. The summed E-state index contributed by atoms with van der Waals surface area (Å²) >= 11 is 0. The number of carbonyl (C=O) groups excluding carboxylic acids is 1. The molecule has 0 spiro atoms. The van der Waals surface area contributed by atoms with E-state index in [4.69, 9.17) is 14.2 Å². The second-order valence-corrected chi connectivity index (χ2v) is 7.02. The Morgan fingerprint density at radius 1 is 1.32 bits per heavy atom. The molecule has 1 amide bonds. The Hall–Kier alpha value is -2.44. The summed E-state index contributed by atoms with van der Waals surface area (Å²) in [6, 6.07) is 11.5. The number of hydrogen-bond acceptors (Lipinski definition) is 5. The van der Waals surface area contributed by atoms with Crippen LogP contribution in [0.2, 0.25) is 0 Å². The molecule has 1 aliphatic rings. The van der Waals surface area contributed by atoms with Crippen molar-refractivity contribution in [1.82, 2.24) is 9.88 Å². The van der Waals surface area contributed by atoms with Crippen molar-refractivity contribution in [2.45, 2.75) is 45.1 Å². The highest BCUT2D eigenvalue weighted by Crippen LogP contribution is 2.18. The van der Waals surface area contributed by atoms with Gasteiger partial charge in [0, 0.05) is 32.1 Å². The van der Waals surface area contributed by atoms with Crippen molar-refractivity contribution < 1.29 is 19.0 Å². The lowest BCUT2D eigenvalue weighted by molar-refractivity contribution is -0.145. The first-order chi connectivity index (χ1) is 13.7. The topological polar surface area (TPSA) is 60.9 Å². The Balaban J connectivity index is 1.62. The highest BCUT2D eigenvalue weighted by Gasteiger charge is 2.26. The van der Waals surface area contributed by atoms with Gasteiger partial charge in [0.15, 0.2) is 0 Å². The number of pyridine rings is 1. The SMILES string of the molecule is COc1cccc(COC(C)C(=O)N(Cc2cccnc2)CC2CCCO2)c1. The predicted octanol–water partition coefficient (Wildman–Crippen LogP) is 3.20. The number of methoxy groups -OCH3 is 1. The fourth-order valence-electron chi connectivity index (χ4n) is 3.29. The van der Waals surface area contributed by atoms with E-state index in [1.165, 1.54) is 0 Å². The second kappa shape index (κ2) is 10.2. The van der Waals surface area contributed by atoms with Crippen LogP contribution in [0.15, 0.2) is 48.8 Å². The summed E-state index contributed by atoms with van der Waals surface area (Å²) in [4.78, 5) is 19.1. The number of nitrogens with zero attached hydrogens (tertiary/aromatic N) is 2. The number of benzene rings is 1. The van der Waals surface area contributed by atoms with E-state index in [1.807, 2.05) is 41.3 Å². The number of aromatic nitrogens is 1. The van der Waals surface area contributed by atoms with Crippen molar-refractivity contribution in [3.8, 4) is 5.75 Å². The molecule has 0 saturated carbocycles. The van der Waals surface area contributed by atoms with Gasteiger partial charge in [0.2, 0.25) is 0 Å². The Labute approximate surface area is 166 Å². The standard InChI is InChI=1S/C22H28N2O4/c1-17(28-16-18-6-3-8-20(12-18)26-2)22(25)24(15-21-9-5-11-27-21)14-19-7-4-10-23-13-19/h3-4,6-8,10,12-13,17,21H,5,9,11,14-16H2,1-2H3. The zero-order chi connectivity index (χ0) is 19.8. The third-order valence-corrected chi connectivity index (χ3v) is 4.84. The molecule has 28 heavy (non-hydrogen) atoms. The van der Waals surface area contributed by atoms with Gasteiger partial charge >= 0.3 is 0 Å². The number of amides is 1. The number of carbonyl (C=O) groups is 1. The lowest BCUT2D eigenvalue weighted by atomic mass is 10.2. The summed E-state index contributed by atoms with van der Waals surface area (Å²) in [5.74, 6) is 0.735. The summed E-state index contributed by atoms with van der Waals surface area (Å²) in [5.41, 5.74) is 1.96. The lowest BCUT2D eigenvalue weighted by Gasteiger charge is -2.28. The quantitative estimate of drug-likeness (QED) is 0.664. The molecule has 2 unspecified atom stereocenters. The van der Waals surface area contributed by atoms with Crippen molar-refractivity contribution in [1.29, 1.82) is 0 Å². The van der Waals surface area contributed by atoms with Gasteiger partial charge in [-0.05, 0) is 49.1 Å². The van der Waals surface area contributed by atoms with Gasteiger partial charge in [-0.25, -0.2) is 0 Å². The first kappa shape index (κ1) is 20.3. The van der Waals surface area contributed by atoms with Gasteiger partial charge in [0.25, 0.3) is 5.91 Å². The molecule has 2 aromatic rings. The molecule has 2 heterocycles. The molecule has 150 valence electrons. The summed E-state index contributed by atoms with van der Waals surface area (Å²) < 4.78 is 16.8. The van der Waals surface area contributed by atoms with E-state index in [0.29, 0.717) is 19.7 Å². The van der Waals surface area contributed by atoms with Gasteiger partial charge in [0.1, 0.15) is 11.9 Å². The molecule has 6 nitrogen and oxygen atoms in total. The number of rotatable bonds is 9. The molecule has 0 aliphatic carbocycles. The van der Waals surface area contributed by atoms with E-state index in [-0.39, 0.29) is 12.0 Å². The molecule has 0 radical (unpaired) electrons. The van der Waals surface area contributed by atoms with E-state index in [0.717, 1.165) is 36.3 Å². The second-order valence-electron chi connectivity index (χ2n) is 7.02. The minimum atomic E-state index is -0.552. The maximum Gasteiger partial charge on any atom is 0.251 e. The molecular weight excluding hydrogens is 356 g/mol. The Morgan fingerprint density at radius 2 is 2.18 bits per heavy atom. The van der Waals surface area contributed by atoms with Gasteiger partial charge in [-0.3, -0.25) is 9.78 Å². The molecule has 1 saturated heterocycles. The first-order valence-electron chi connectivity index (χ1n) is 9.69. The molecule has 1 fully saturated rings. The number of ether oxygens (including phenoxy) is 3.